The second-order valence-corrected chi connectivity index (χ2v) is 9.42. The summed E-state index contributed by atoms with van der Waals surface area (Å²) in [5.41, 5.74) is 6.47. The molecular weight excluding hydrogens is 508 g/mol. The molecule has 2 aromatic carbocycles. The van der Waals surface area contributed by atoms with E-state index in [1.54, 1.807) is 69.3 Å². The van der Waals surface area contributed by atoms with Gasteiger partial charge < -0.3 is 30.4 Å². The van der Waals surface area contributed by atoms with Gasteiger partial charge in [-0.05, 0) is 44.7 Å². The minimum atomic E-state index is -1.38. The van der Waals surface area contributed by atoms with E-state index < -0.39 is 47.8 Å². The average Bonchev–Trinajstić information content (AvgIpc) is 2.87. The first-order valence-corrected chi connectivity index (χ1v) is 12.2. The second kappa shape index (κ2) is 15.0. The molecule has 12 heteroatoms. The number of aliphatic carboxylic acids is 1. The summed E-state index contributed by atoms with van der Waals surface area (Å²) in [5.74, 6) is -2.57. The fourth-order valence-electron chi connectivity index (χ4n) is 3.16. The van der Waals surface area contributed by atoms with Crippen molar-refractivity contribution in [1.82, 2.24) is 10.6 Å². The minimum Gasteiger partial charge on any atom is -0.480 e. The van der Waals surface area contributed by atoms with E-state index in [4.69, 9.17) is 19.9 Å². The van der Waals surface area contributed by atoms with E-state index in [0.717, 1.165) is 11.1 Å². The maximum Gasteiger partial charge on any atom is 0.414 e. The van der Waals surface area contributed by atoms with Gasteiger partial charge in [0, 0.05) is 0 Å². The number of guanidine groups is 1. The van der Waals surface area contributed by atoms with Crippen LogP contribution in [0, 0.1) is 0 Å². The Kier molecular flexibility index (Phi) is 11.7. The zero-order valence-corrected chi connectivity index (χ0v) is 22.1. The van der Waals surface area contributed by atoms with Crippen molar-refractivity contribution in [2.75, 3.05) is 0 Å². The van der Waals surface area contributed by atoms with Crippen LogP contribution in [0.15, 0.2) is 65.7 Å². The summed E-state index contributed by atoms with van der Waals surface area (Å²) in [6.45, 7) is 4.83. The Morgan fingerprint density at radius 1 is 0.872 bits per heavy atom. The normalized spacial score (nSPS) is 12.9. The molecule has 0 radical (unpaired) electrons. The van der Waals surface area contributed by atoms with E-state index in [0.29, 0.717) is 0 Å². The van der Waals surface area contributed by atoms with Crippen molar-refractivity contribution in [3.05, 3.63) is 71.8 Å². The Morgan fingerprint density at radius 2 is 1.41 bits per heavy atom. The van der Waals surface area contributed by atoms with Gasteiger partial charge >= 0.3 is 24.1 Å². The van der Waals surface area contributed by atoms with Crippen molar-refractivity contribution in [3.8, 4) is 0 Å². The van der Waals surface area contributed by atoms with E-state index in [9.17, 15) is 24.3 Å². The number of esters is 1. The van der Waals surface area contributed by atoms with Crippen LogP contribution in [0.5, 0.6) is 0 Å². The first-order valence-electron chi connectivity index (χ1n) is 12.2. The van der Waals surface area contributed by atoms with Crippen LogP contribution in [0.3, 0.4) is 0 Å². The molecule has 0 aliphatic rings. The number of aliphatic imine (C=N–C) groups is 1. The van der Waals surface area contributed by atoms with Crippen LogP contribution in [-0.4, -0.2) is 52.9 Å². The average molecular weight is 543 g/mol. The molecule has 0 spiro atoms. The van der Waals surface area contributed by atoms with Gasteiger partial charge in [0.2, 0.25) is 0 Å². The smallest absolute Gasteiger partial charge is 0.414 e. The van der Waals surface area contributed by atoms with Gasteiger partial charge in [0.25, 0.3) is 0 Å². The van der Waals surface area contributed by atoms with Gasteiger partial charge in [-0.1, -0.05) is 60.7 Å². The largest absolute Gasteiger partial charge is 0.480 e. The molecule has 210 valence electrons. The molecule has 0 heterocycles. The number of nitrogens with two attached hydrogens (primary N) is 1. The summed E-state index contributed by atoms with van der Waals surface area (Å²) in [7, 11) is 0. The molecule has 12 nitrogen and oxygen atoms in total. The van der Waals surface area contributed by atoms with E-state index in [2.05, 4.69) is 15.6 Å². The van der Waals surface area contributed by atoms with E-state index in [1.165, 1.54) is 0 Å². The van der Waals surface area contributed by atoms with Crippen LogP contribution in [0.25, 0.3) is 0 Å². The molecule has 0 fully saturated rings. The number of carboxylic acids is 1. The number of carbonyl (C=O) groups is 4. The number of benzene rings is 2. The molecule has 2 aromatic rings. The van der Waals surface area contributed by atoms with Gasteiger partial charge in [-0.2, -0.15) is 0 Å². The monoisotopic (exact) mass is 542 g/mol. The fraction of sp³-hybridized carbons (Fsp3) is 0.370. The van der Waals surface area contributed by atoms with Crippen LogP contribution in [0.4, 0.5) is 9.59 Å². The maximum atomic E-state index is 12.9. The summed E-state index contributed by atoms with van der Waals surface area (Å²) in [4.78, 5) is 52.8. The zero-order chi connectivity index (χ0) is 28.8. The summed E-state index contributed by atoms with van der Waals surface area (Å²) in [6.07, 6.45) is -2.22. The van der Waals surface area contributed by atoms with Crippen molar-refractivity contribution in [2.45, 2.75) is 64.5 Å². The highest BCUT2D eigenvalue weighted by Crippen LogP contribution is 2.12. The lowest BCUT2D eigenvalue weighted by molar-refractivity contribution is -0.147. The van der Waals surface area contributed by atoms with Gasteiger partial charge in [-0.25, -0.2) is 24.2 Å². The van der Waals surface area contributed by atoms with Gasteiger partial charge in [0.15, 0.2) is 12.0 Å². The van der Waals surface area contributed by atoms with Crippen molar-refractivity contribution >= 4 is 30.1 Å². The molecule has 0 aromatic heterocycles. The zero-order valence-electron chi connectivity index (χ0n) is 22.1. The van der Waals surface area contributed by atoms with Crippen LogP contribution < -0.4 is 16.4 Å². The summed E-state index contributed by atoms with van der Waals surface area (Å²) in [5, 5.41) is 14.0. The topological polar surface area (TPSA) is 179 Å². The first kappa shape index (κ1) is 30.6. The lowest BCUT2D eigenvalue weighted by Crippen LogP contribution is -2.44. The summed E-state index contributed by atoms with van der Waals surface area (Å²) >= 11 is 0. The predicted molar refractivity (Wildman–Crippen MR) is 141 cm³/mol. The molecule has 1 unspecified atom stereocenters. The number of carbonyl (C=O) groups excluding carboxylic acids is 3. The number of amides is 2. The maximum absolute atomic E-state index is 12.9. The van der Waals surface area contributed by atoms with E-state index >= 15 is 0 Å². The quantitative estimate of drug-likeness (QED) is 0.144. The SMILES string of the molecule is CC(C)(C)OC(=O)N[C@H](CCC(N=C(N)NC(=O)OCc1ccccc1)C(=O)OCc1ccccc1)C(=O)O. The Hall–Kier alpha value is -4.61. The molecule has 0 saturated heterocycles. The predicted octanol–water partition coefficient (Wildman–Crippen LogP) is 3.10. The van der Waals surface area contributed by atoms with Crippen LogP contribution >= 0.6 is 0 Å². The van der Waals surface area contributed by atoms with E-state index in [-0.39, 0.29) is 26.1 Å². The standard InChI is InChI=1S/C27H34N4O8/c1-27(2,3)39-26(36)30-20(22(32)33)14-15-21(23(34)37-16-18-10-6-4-7-11-18)29-24(28)31-25(35)38-17-19-12-8-5-9-13-19/h4-13,20-21H,14-17H2,1-3H3,(H,30,36)(H,32,33)(H3,28,29,31,35)/t20-,21?/m1/s1. The fourth-order valence-corrected chi connectivity index (χ4v) is 3.16. The van der Waals surface area contributed by atoms with Crippen LogP contribution in [-0.2, 0) is 37.0 Å². The third-order valence-electron chi connectivity index (χ3n) is 4.95. The lowest BCUT2D eigenvalue weighted by Gasteiger charge is -2.22. The van der Waals surface area contributed by atoms with Gasteiger partial charge in [0.1, 0.15) is 24.9 Å². The third kappa shape index (κ3) is 12.5. The first-order chi connectivity index (χ1) is 18.4. The third-order valence-corrected chi connectivity index (χ3v) is 4.95. The Morgan fingerprint density at radius 3 is 1.92 bits per heavy atom. The second-order valence-electron chi connectivity index (χ2n) is 9.42. The Labute approximate surface area is 226 Å². The van der Waals surface area contributed by atoms with Crippen molar-refractivity contribution in [3.63, 3.8) is 0 Å². The molecule has 2 rings (SSSR count). The number of alkyl carbamates (subject to hydrolysis) is 2. The number of nitrogens with one attached hydrogen (secondary N) is 2. The summed E-state index contributed by atoms with van der Waals surface area (Å²) < 4.78 is 15.5. The van der Waals surface area contributed by atoms with Crippen LogP contribution in [0.2, 0.25) is 0 Å². The Bertz CT molecular complexity index is 1130. The van der Waals surface area contributed by atoms with Crippen molar-refractivity contribution in [2.24, 2.45) is 10.7 Å². The van der Waals surface area contributed by atoms with Gasteiger partial charge in [-0.3, -0.25) is 5.32 Å². The number of hydrogen-bond donors (Lipinski definition) is 4. The molecular formula is C27H34N4O8. The number of ether oxygens (including phenoxy) is 3. The summed E-state index contributed by atoms with van der Waals surface area (Å²) in [6, 6.07) is 15.2. The molecule has 5 N–H and O–H groups in total. The molecule has 0 saturated carbocycles. The molecule has 2 amide bonds. The van der Waals surface area contributed by atoms with Crippen LogP contribution in [0.1, 0.15) is 44.7 Å². The van der Waals surface area contributed by atoms with Gasteiger partial charge in [0.05, 0.1) is 0 Å². The molecule has 39 heavy (non-hydrogen) atoms. The number of hydrogen-bond acceptors (Lipinski definition) is 8. The molecule has 0 aliphatic heterocycles. The highest BCUT2D eigenvalue weighted by Gasteiger charge is 2.28. The van der Waals surface area contributed by atoms with Crippen molar-refractivity contribution < 1.29 is 38.5 Å². The molecule has 0 bridgehead atoms. The highest BCUT2D eigenvalue weighted by atomic mass is 16.6. The number of rotatable bonds is 11. The highest BCUT2D eigenvalue weighted by molar-refractivity contribution is 5.94. The number of nitrogens with zero attached hydrogens (tertiary/aromatic N) is 1. The van der Waals surface area contributed by atoms with Gasteiger partial charge in [-0.15, -0.1) is 0 Å². The lowest BCUT2D eigenvalue weighted by atomic mass is 10.1. The van der Waals surface area contributed by atoms with E-state index in [1.807, 2.05) is 12.1 Å². The minimum absolute atomic E-state index is 0.0148. The Balaban J connectivity index is 2.07. The number of carboxylic acid groups (broad SMARTS) is 1. The molecule has 2 atom stereocenters. The van der Waals surface area contributed by atoms with Crippen molar-refractivity contribution in [1.29, 1.82) is 0 Å². The molecule has 0 aliphatic carbocycles.